The smallest absolute Gasteiger partial charge is 0.320 e. The molecule has 0 aromatic heterocycles. The zero-order chi connectivity index (χ0) is 14.3. The third kappa shape index (κ3) is 2.37. The van der Waals surface area contributed by atoms with Gasteiger partial charge in [0.2, 0.25) is 0 Å². The molecule has 3 heterocycles. The fourth-order valence-corrected chi connectivity index (χ4v) is 3.59. The summed E-state index contributed by atoms with van der Waals surface area (Å²) in [5.41, 5.74) is 0. The Hall–Kier alpha value is -1.30. The number of fused-ring (bicyclic) bond motifs is 1. The average molecular weight is 281 g/mol. The highest BCUT2D eigenvalue weighted by molar-refractivity contribution is 5.80. The number of aliphatic carboxylic acids is 1. The lowest BCUT2D eigenvalue weighted by molar-refractivity contribution is -0.146. The predicted octanol–water partition coefficient (Wildman–Crippen LogP) is 0.681. The van der Waals surface area contributed by atoms with Crippen LogP contribution in [0.2, 0.25) is 0 Å². The Bertz CT molecular complexity index is 408. The van der Waals surface area contributed by atoms with Crippen LogP contribution in [0.1, 0.15) is 26.2 Å². The Labute approximate surface area is 119 Å². The average Bonchev–Trinajstić information content (AvgIpc) is 2.35. The molecule has 0 aromatic carbocycles. The number of carbonyl (C=O) groups is 2. The second-order valence-electron chi connectivity index (χ2n) is 6.37. The third-order valence-corrected chi connectivity index (χ3v) is 4.93. The van der Waals surface area contributed by atoms with Gasteiger partial charge in [0.1, 0.15) is 0 Å². The minimum atomic E-state index is -0.792. The number of piperidine rings is 1. The number of piperazine rings is 1. The monoisotopic (exact) mass is 281 g/mol. The number of hydrogen-bond donors (Lipinski definition) is 1. The van der Waals surface area contributed by atoms with E-state index in [1.54, 1.807) is 4.90 Å². The molecule has 0 aliphatic carbocycles. The molecule has 6 heteroatoms. The zero-order valence-electron chi connectivity index (χ0n) is 12.0. The number of rotatable bonds is 1. The number of likely N-dealkylation sites (tertiary alicyclic amines) is 1. The van der Waals surface area contributed by atoms with E-state index in [4.69, 9.17) is 5.11 Å². The van der Waals surface area contributed by atoms with Crippen LogP contribution in [0.25, 0.3) is 0 Å². The highest BCUT2D eigenvalue weighted by Crippen LogP contribution is 2.26. The molecule has 0 saturated carbocycles. The molecule has 3 saturated heterocycles. The lowest BCUT2D eigenvalue weighted by Gasteiger charge is -2.50. The van der Waals surface area contributed by atoms with Crippen molar-refractivity contribution >= 4 is 12.0 Å². The number of nitrogens with zero attached hydrogens (tertiary/aromatic N) is 3. The van der Waals surface area contributed by atoms with Gasteiger partial charge in [0.05, 0.1) is 5.92 Å². The van der Waals surface area contributed by atoms with Crippen molar-refractivity contribution in [3.63, 3.8) is 0 Å². The molecule has 2 unspecified atom stereocenters. The van der Waals surface area contributed by atoms with Crippen molar-refractivity contribution in [2.24, 2.45) is 5.92 Å². The van der Waals surface area contributed by atoms with E-state index in [-0.39, 0.29) is 18.0 Å². The van der Waals surface area contributed by atoms with Gasteiger partial charge in [-0.15, -0.1) is 0 Å². The number of carboxylic acids is 1. The summed E-state index contributed by atoms with van der Waals surface area (Å²) in [6, 6.07) is 0.751. The molecule has 3 rings (SSSR count). The number of carboxylic acid groups (broad SMARTS) is 1. The van der Waals surface area contributed by atoms with E-state index in [0.29, 0.717) is 19.1 Å². The molecule has 1 N–H and O–H groups in total. The van der Waals surface area contributed by atoms with Gasteiger partial charge in [0, 0.05) is 38.3 Å². The van der Waals surface area contributed by atoms with Crippen LogP contribution >= 0.6 is 0 Å². The van der Waals surface area contributed by atoms with Gasteiger partial charge >= 0.3 is 12.0 Å². The normalized spacial score (nSPS) is 31.6. The third-order valence-electron chi connectivity index (χ3n) is 4.93. The van der Waals surface area contributed by atoms with E-state index in [2.05, 4.69) is 11.8 Å². The maximum Gasteiger partial charge on any atom is 0.320 e. The molecular weight excluding hydrogens is 258 g/mol. The summed E-state index contributed by atoms with van der Waals surface area (Å²) in [5.74, 6) is -1.16. The first-order valence-corrected chi connectivity index (χ1v) is 7.58. The second kappa shape index (κ2) is 5.24. The van der Waals surface area contributed by atoms with Crippen molar-refractivity contribution < 1.29 is 14.7 Å². The highest BCUT2D eigenvalue weighted by atomic mass is 16.4. The summed E-state index contributed by atoms with van der Waals surface area (Å²) in [7, 11) is 0. The topological polar surface area (TPSA) is 64.1 Å². The van der Waals surface area contributed by atoms with Crippen LogP contribution in [0, 0.1) is 5.92 Å². The number of urea groups is 1. The van der Waals surface area contributed by atoms with Gasteiger partial charge in [0.15, 0.2) is 0 Å². The van der Waals surface area contributed by atoms with Gasteiger partial charge in [-0.3, -0.25) is 9.69 Å². The Morgan fingerprint density at radius 1 is 1.10 bits per heavy atom. The van der Waals surface area contributed by atoms with E-state index in [0.717, 1.165) is 19.6 Å². The summed E-state index contributed by atoms with van der Waals surface area (Å²) < 4.78 is 0. The SMILES string of the molecule is CC1CN2CCCCC2CN1C(=O)N1CC(C(=O)O)C1. The summed E-state index contributed by atoms with van der Waals surface area (Å²) in [5, 5.41) is 8.89. The van der Waals surface area contributed by atoms with Gasteiger partial charge in [0.25, 0.3) is 0 Å². The van der Waals surface area contributed by atoms with Gasteiger partial charge < -0.3 is 14.9 Å². The molecule has 2 atom stereocenters. The largest absolute Gasteiger partial charge is 0.481 e. The Kier molecular flexibility index (Phi) is 3.58. The van der Waals surface area contributed by atoms with E-state index in [1.165, 1.54) is 19.3 Å². The van der Waals surface area contributed by atoms with E-state index in [1.807, 2.05) is 4.90 Å². The molecule has 3 aliphatic heterocycles. The Balaban J connectivity index is 1.59. The maximum absolute atomic E-state index is 12.5. The minimum Gasteiger partial charge on any atom is -0.481 e. The first-order valence-electron chi connectivity index (χ1n) is 7.58. The quantitative estimate of drug-likeness (QED) is 0.768. The first-order chi connectivity index (χ1) is 9.56. The fraction of sp³-hybridized carbons (Fsp3) is 0.857. The van der Waals surface area contributed by atoms with Crippen molar-refractivity contribution in [2.75, 3.05) is 32.7 Å². The highest BCUT2D eigenvalue weighted by Gasteiger charge is 2.41. The van der Waals surface area contributed by atoms with Crippen LogP contribution in [0.3, 0.4) is 0 Å². The Morgan fingerprint density at radius 2 is 1.85 bits per heavy atom. The summed E-state index contributed by atoms with van der Waals surface area (Å²) in [4.78, 5) is 29.4. The molecule has 0 radical (unpaired) electrons. The van der Waals surface area contributed by atoms with Gasteiger partial charge in [-0.05, 0) is 26.3 Å². The van der Waals surface area contributed by atoms with Gasteiger partial charge in [-0.1, -0.05) is 6.42 Å². The van der Waals surface area contributed by atoms with Crippen LogP contribution in [0.5, 0.6) is 0 Å². The zero-order valence-corrected chi connectivity index (χ0v) is 12.0. The van der Waals surface area contributed by atoms with Gasteiger partial charge in [-0.2, -0.15) is 0 Å². The van der Waals surface area contributed by atoms with Crippen LogP contribution in [-0.2, 0) is 4.79 Å². The number of amides is 2. The molecule has 2 amide bonds. The maximum atomic E-state index is 12.5. The molecule has 3 aliphatic rings. The van der Waals surface area contributed by atoms with Crippen LogP contribution < -0.4 is 0 Å². The summed E-state index contributed by atoms with van der Waals surface area (Å²) in [6.45, 7) is 5.73. The van der Waals surface area contributed by atoms with E-state index < -0.39 is 5.97 Å². The van der Waals surface area contributed by atoms with Crippen molar-refractivity contribution in [3.05, 3.63) is 0 Å². The van der Waals surface area contributed by atoms with Crippen LogP contribution in [0.4, 0.5) is 4.79 Å². The van der Waals surface area contributed by atoms with Crippen molar-refractivity contribution in [1.29, 1.82) is 0 Å². The molecular formula is C14H23N3O3. The van der Waals surface area contributed by atoms with E-state index >= 15 is 0 Å². The summed E-state index contributed by atoms with van der Waals surface area (Å²) in [6.07, 6.45) is 3.69. The molecule has 20 heavy (non-hydrogen) atoms. The first kappa shape index (κ1) is 13.7. The summed E-state index contributed by atoms with van der Waals surface area (Å²) >= 11 is 0. The van der Waals surface area contributed by atoms with Crippen LogP contribution in [-0.4, -0.2) is 76.6 Å². The molecule has 0 bridgehead atoms. The van der Waals surface area contributed by atoms with E-state index in [9.17, 15) is 9.59 Å². The number of carbonyl (C=O) groups excluding carboxylic acids is 1. The standard InChI is InChI=1S/C14H23N3O3/c1-10-6-15-5-3-2-4-12(15)9-17(10)14(20)16-7-11(8-16)13(18)19/h10-12H,2-9H2,1H3,(H,18,19). The predicted molar refractivity (Wildman–Crippen MR) is 73.5 cm³/mol. The second-order valence-corrected chi connectivity index (χ2v) is 6.37. The number of hydrogen-bond acceptors (Lipinski definition) is 3. The molecule has 0 aromatic rings. The van der Waals surface area contributed by atoms with Crippen molar-refractivity contribution in [1.82, 2.24) is 14.7 Å². The van der Waals surface area contributed by atoms with Crippen LogP contribution in [0.15, 0.2) is 0 Å². The minimum absolute atomic E-state index is 0.0280. The Morgan fingerprint density at radius 3 is 2.55 bits per heavy atom. The lowest BCUT2D eigenvalue weighted by atomic mass is 9.96. The van der Waals surface area contributed by atoms with Crippen molar-refractivity contribution in [3.8, 4) is 0 Å². The molecule has 3 fully saturated rings. The lowest BCUT2D eigenvalue weighted by Crippen LogP contribution is -2.65. The van der Waals surface area contributed by atoms with Crippen molar-refractivity contribution in [2.45, 2.75) is 38.3 Å². The van der Waals surface area contributed by atoms with Gasteiger partial charge in [-0.25, -0.2) is 4.79 Å². The molecule has 112 valence electrons. The molecule has 0 spiro atoms. The fourth-order valence-electron chi connectivity index (χ4n) is 3.59. The molecule has 6 nitrogen and oxygen atoms in total.